The summed E-state index contributed by atoms with van der Waals surface area (Å²) in [5.74, 6) is -0.838. The molecule has 0 aromatic heterocycles. The van der Waals surface area contributed by atoms with Crippen molar-refractivity contribution in [3.8, 4) is 6.07 Å². The van der Waals surface area contributed by atoms with Crippen LogP contribution in [0.5, 0.6) is 0 Å². The highest BCUT2D eigenvalue weighted by atomic mass is 35.5. The number of carbonyl (C=O) groups is 1. The van der Waals surface area contributed by atoms with E-state index in [9.17, 15) is 10.1 Å². The maximum atomic E-state index is 12.1. The Morgan fingerprint density at radius 2 is 2.04 bits per heavy atom. The average Bonchev–Trinajstić information content (AvgIpc) is 2.56. The molecule has 0 atom stereocenters. The predicted octanol–water partition coefficient (Wildman–Crippen LogP) is 3.92. The minimum atomic E-state index is -0.706. The summed E-state index contributed by atoms with van der Waals surface area (Å²) in [6.45, 7) is 6.43. The number of halogens is 2. The lowest BCUT2D eigenvalue weighted by Gasteiger charge is -2.18. The number of nitrogens with zero attached hydrogens (tertiary/aromatic N) is 1. The van der Waals surface area contributed by atoms with E-state index in [1.807, 2.05) is 26.8 Å². The lowest BCUT2D eigenvalue weighted by atomic mass is 10.1. The third-order valence-corrected chi connectivity index (χ3v) is 3.64. The van der Waals surface area contributed by atoms with E-state index in [0.29, 0.717) is 28.0 Å². The first-order valence-electron chi connectivity index (χ1n) is 7.76. The zero-order valence-corrected chi connectivity index (χ0v) is 15.9. The molecule has 1 aromatic rings. The highest BCUT2D eigenvalue weighted by molar-refractivity contribution is 6.36. The third kappa shape index (κ3) is 6.83. The Morgan fingerprint density at radius 1 is 1.32 bits per heavy atom. The molecule has 0 spiro atoms. The molecule has 0 bridgehead atoms. The molecule has 0 unspecified atom stereocenters. The number of carbonyl (C=O) groups excluding carboxylic acids is 1. The van der Waals surface area contributed by atoms with Crippen LogP contribution in [0.4, 0.5) is 5.69 Å². The van der Waals surface area contributed by atoms with E-state index in [0.717, 1.165) is 0 Å². The average molecular weight is 386 g/mol. The Bertz CT molecular complexity index is 670. The zero-order chi connectivity index (χ0) is 18.8. The van der Waals surface area contributed by atoms with Crippen molar-refractivity contribution in [3.63, 3.8) is 0 Å². The topological polar surface area (TPSA) is 83.4 Å². The van der Waals surface area contributed by atoms with Gasteiger partial charge in [0.25, 0.3) is 0 Å². The molecule has 0 saturated heterocycles. The van der Waals surface area contributed by atoms with Crippen LogP contribution >= 0.6 is 23.2 Å². The Kier molecular flexibility index (Phi) is 9.14. The number of allylic oxidation sites excluding steroid dienone is 1. The van der Waals surface area contributed by atoms with Crippen LogP contribution < -0.4 is 10.9 Å². The van der Waals surface area contributed by atoms with Crippen LogP contribution in [0.15, 0.2) is 29.5 Å². The summed E-state index contributed by atoms with van der Waals surface area (Å²) in [7, 11) is 0. The first-order chi connectivity index (χ1) is 11.9. The van der Waals surface area contributed by atoms with E-state index in [2.05, 4.69) is 10.9 Å². The van der Waals surface area contributed by atoms with Crippen molar-refractivity contribution < 1.29 is 14.3 Å². The van der Waals surface area contributed by atoms with Crippen molar-refractivity contribution in [2.75, 3.05) is 25.2 Å². The van der Waals surface area contributed by atoms with Crippen LogP contribution in [0, 0.1) is 17.2 Å². The largest absolute Gasteiger partial charge is 0.459 e. The molecule has 1 rings (SSSR count). The van der Waals surface area contributed by atoms with Gasteiger partial charge >= 0.3 is 5.97 Å². The Morgan fingerprint density at radius 3 is 2.60 bits per heavy atom. The molecule has 8 heteroatoms. The van der Waals surface area contributed by atoms with Crippen LogP contribution in [0.25, 0.3) is 0 Å². The lowest BCUT2D eigenvalue weighted by molar-refractivity contribution is -0.140. The molecule has 0 heterocycles. The molecule has 0 radical (unpaired) electrons. The van der Waals surface area contributed by atoms with Gasteiger partial charge in [-0.25, -0.2) is 4.79 Å². The number of hydrogen-bond acceptors (Lipinski definition) is 6. The summed E-state index contributed by atoms with van der Waals surface area (Å²) in [5.41, 5.74) is 6.61. The quantitative estimate of drug-likeness (QED) is 0.220. The van der Waals surface area contributed by atoms with E-state index in [1.54, 1.807) is 18.2 Å². The van der Waals surface area contributed by atoms with E-state index < -0.39 is 5.97 Å². The van der Waals surface area contributed by atoms with Crippen LogP contribution in [0.2, 0.25) is 10.0 Å². The van der Waals surface area contributed by atoms with Crippen molar-refractivity contribution in [1.29, 1.82) is 5.26 Å². The van der Waals surface area contributed by atoms with Gasteiger partial charge in [-0.15, -0.1) is 0 Å². The Hall–Kier alpha value is -1.94. The lowest BCUT2D eigenvalue weighted by Crippen LogP contribution is -2.28. The number of benzene rings is 1. The first-order valence-corrected chi connectivity index (χ1v) is 8.52. The molecule has 0 saturated carbocycles. The highest BCUT2D eigenvalue weighted by Crippen LogP contribution is 2.25. The summed E-state index contributed by atoms with van der Waals surface area (Å²) in [4.78, 5) is 12.1. The second kappa shape index (κ2) is 10.8. The Balaban J connectivity index is 2.88. The summed E-state index contributed by atoms with van der Waals surface area (Å²) in [5, 5.41) is 10.3. The van der Waals surface area contributed by atoms with Gasteiger partial charge in [0.1, 0.15) is 12.7 Å². The summed E-state index contributed by atoms with van der Waals surface area (Å²) in [6.07, 6.45) is 0. The van der Waals surface area contributed by atoms with Gasteiger partial charge in [-0.3, -0.25) is 5.43 Å². The van der Waals surface area contributed by atoms with Crippen molar-refractivity contribution in [2.45, 2.75) is 20.8 Å². The molecule has 136 valence electrons. The third-order valence-electron chi connectivity index (χ3n) is 3.09. The zero-order valence-electron chi connectivity index (χ0n) is 14.4. The molecule has 0 fully saturated rings. The molecule has 0 aliphatic rings. The van der Waals surface area contributed by atoms with Crippen molar-refractivity contribution >= 4 is 34.9 Å². The number of hydrazine groups is 1. The molecule has 0 aliphatic heterocycles. The predicted molar refractivity (Wildman–Crippen MR) is 98.1 cm³/mol. The van der Waals surface area contributed by atoms with Gasteiger partial charge in [0.15, 0.2) is 5.57 Å². The number of anilines is 1. The van der Waals surface area contributed by atoms with E-state index in [4.69, 9.17) is 32.7 Å². The second-order valence-corrected chi connectivity index (χ2v) is 6.11. The van der Waals surface area contributed by atoms with Gasteiger partial charge < -0.3 is 14.9 Å². The van der Waals surface area contributed by atoms with Gasteiger partial charge in [0, 0.05) is 11.6 Å². The van der Waals surface area contributed by atoms with Gasteiger partial charge in [-0.1, -0.05) is 37.0 Å². The highest BCUT2D eigenvalue weighted by Gasteiger charge is 2.19. The smallest absolute Gasteiger partial charge is 0.350 e. The van der Waals surface area contributed by atoms with Crippen molar-refractivity contribution in [1.82, 2.24) is 5.43 Å². The number of nitrogens with one attached hydrogen (secondary N) is 2. The number of ether oxygens (including phenoxy) is 2. The monoisotopic (exact) mass is 385 g/mol. The van der Waals surface area contributed by atoms with Gasteiger partial charge in [0.2, 0.25) is 0 Å². The Labute approximate surface area is 157 Å². The van der Waals surface area contributed by atoms with Crippen LogP contribution in [0.1, 0.15) is 20.8 Å². The molecule has 1 aromatic carbocycles. The maximum Gasteiger partial charge on any atom is 0.350 e. The second-order valence-electron chi connectivity index (χ2n) is 5.26. The molecular formula is C17H21Cl2N3O3. The van der Waals surface area contributed by atoms with Crippen LogP contribution in [-0.2, 0) is 14.3 Å². The van der Waals surface area contributed by atoms with Crippen molar-refractivity contribution in [2.24, 2.45) is 5.92 Å². The van der Waals surface area contributed by atoms with Gasteiger partial charge in [0.05, 0.1) is 23.0 Å². The van der Waals surface area contributed by atoms with Crippen LogP contribution in [-0.4, -0.2) is 25.8 Å². The molecule has 2 N–H and O–H groups in total. The maximum absolute atomic E-state index is 12.1. The molecule has 0 aliphatic carbocycles. The fourth-order valence-corrected chi connectivity index (χ4v) is 2.30. The number of hydrogen-bond donors (Lipinski definition) is 2. The van der Waals surface area contributed by atoms with E-state index >= 15 is 0 Å². The summed E-state index contributed by atoms with van der Waals surface area (Å²) >= 11 is 12.0. The van der Waals surface area contributed by atoms with E-state index in [1.165, 1.54) is 0 Å². The fourth-order valence-electron chi connectivity index (χ4n) is 1.85. The normalized spacial score (nSPS) is 11.6. The van der Waals surface area contributed by atoms with Crippen LogP contribution in [0.3, 0.4) is 0 Å². The fraction of sp³-hybridized carbons (Fsp3) is 0.412. The minimum Gasteiger partial charge on any atom is -0.459 e. The number of rotatable bonds is 9. The standard InChI is InChI=1S/C17H21Cl2N3O3/c1-4-24-7-8-25-17(23)13(10-20)16(11(2)3)22-21-15-6-5-12(18)9-14(15)19/h5-6,9,11,21-22H,4,7-8H2,1-3H3/b16-13-. The molecule has 0 amide bonds. The molecule has 25 heavy (non-hydrogen) atoms. The van der Waals surface area contributed by atoms with Gasteiger partial charge in [-0.05, 0) is 31.0 Å². The molecule has 6 nitrogen and oxygen atoms in total. The summed E-state index contributed by atoms with van der Waals surface area (Å²) in [6, 6.07) is 6.83. The first kappa shape index (κ1) is 21.1. The summed E-state index contributed by atoms with van der Waals surface area (Å²) < 4.78 is 10.2. The minimum absolute atomic E-state index is 0.0830. The number of nitriles is 1. The SMILES string of the molecule is CCOCCOC(=O)/C(C#N)=C(\NNc1ccc(Cl)cc1Cl)C(C)C. The van der Waals surface area contributed by atoms with Crippen molar-refractivity contribution in [3.05, 3.63) is 39.5 Å². The number of esters is 1. The van der Waals surface area contributed by atoms with Gasteiger partial charge in [-0.2, -0.15) is 5.26 Å². The molecular weight excluding hydrogens is 365 g/mol. The van der Waals surface area contributed by atoms with E-state index in [-0.39, 0.29) is 24.7 Å².